The van der Waals surface area contributed by atoms with Crippen LogP contribution in [0.3, 0.4) is 0 Å². The average molecular weight is 242 g/mol. The Bertz CT molecular complexity index is 565. The first-order valence-electron chi connectivity index (χ1n) is 6.16. The summed E-state index contributed by atoms with van der Waals surface area (Å²) in [4.78, 5) is 11.2. The van der Waals surface area contributed by atoms with Crippen molar-refractivity contribution in [3.05, 3.63) is 41.7 Å². The molecule has 1 aromatic heterocycles. The van der Waals surface area contributed by atoms with Crippen molar-refractivity contribution in [2.45, 2.75) is 33.7 Å². The fourth-order valence-corrected chi connectivity index (χ4v) is 1.91. The molecular weight excluding hydrogens is 224 g/mol. The van der Waals surface area contributed by atoms with Gasteiger partial charge in [-0.25, -0.2) is 0 Å². The van der Waals surface area contributed by atoms with Gasteiger partial charge in [-0.15, -0.1) is 0 Å². The Labute approximate surface area is 107 Å². The van der Waals surface area contributed by atoms with E-state index in [1.54, 1.807) is 6.92 Å². The van der Waals surface area contributed by atoms with Crippen LogP contribution in [0.1, 0.15) is 42.9 Å². The first-order valence-corrected chi connectivity index (χ1v) is 6.16. The van der Waals surface area contributed by atoms with Crippen LogP contribution in [0.25, 0.3) is 11.1 Å². The SMILES string of the molecule is CC(=O)c1ccc(-c2cn(C(C)C)nc2C)cc1. The Kier molecular flexibility index (Phi) is 3.32. The summed E-state index contributed by atoms with van der Waals surface area (Å²) in [7, 11) is 0. The van der Waals surface area contributed by atoms with Gasteiger partial charge in [0.05, 0.1) is 5.69 Å². The molecule has 0 fully saturated rings. The molecule has 0 unspecified atom stereocenters. The van der Waals surface area contributed by atoms with E-state index in [4.69, 9.17) is 0 Å². The smallest absolute Gasteiger partial charge is 0.159 e. The highest BCUT2D eigenvalue weighted by molar-refractivity contribution is 5.94. The molecule has 0 saturated carbocycles. The molecule has 3 heteroatoms. The van der Waals surface area contributed by atoms with E-state index in [0.717, 1.165) is 22.4 Å². The molecule has 2 aromatic rings. The van der Waals surface area contributed by atoms with Crippen LogP contribution < -0.4 is 0 Å². The van der Waals surface area contributed by atoms with E-state index < -0.39 is 0 Å². The number of hydrogen-bond donors (Lipinski definition) is 0. The van der Waals surface area contributed by atoms with E-state index >= 15 is 0 Å². The molecule has 1 aromatic carbocycles. The molecule has 0 bridgehead atoms. The third-order valence-corrected chi connectivity index (χ3v) is 3.05. The second-order valence-electron chi connectivity index (χ2n) is 4.84. The van der Waals surface area contributed by atoms with Crippen molar-refractivity contribution in [1.82, 2.24) is 9.78 Å². The van der Waals surface area contributed by atoms with Crippen LogP contribution in [-0.2, 0) is 0 Å². The number of nitrogens with zero attached hydrogens (tertiary/aromatic N) is 2. The summed E-state index contributed by atoms with van der Waals surface area (Å²) >= 11 is 0. The van der Waals surface area contributed by atoms with Gasteiger partial charge in [0.1, 0.15) is 0 Å². The van der Waals surface area contributed by atoms with Gasteiger partial charge in [-0.1, -0.05) is 24.3 Å². The number of aromatic nitrogens is 2. The van der Waals surface area contributed by atoms with Crippen molar-refractivity contribution >= 4 is 5.78 Å². The third kappa shape index (κ3) is 2.35. The molecule has 0 aliphatic carbocycles. The maximum atomic E-state index is 11.2. The minimum Gasteiger partial charge on any atom is -0.295 e. The molecule has 0 aliphatic rings. The Morgan fingerprint density at radius 3 is 2.28 bits per heavy atom. The van der Waals surface area contributed by atoms with Crippen molar-refractivity contribution in [1.29, 1.82) is 0 Å². The van der Waals surface area contributed by atoms with Crippen LogP contribution in [0.15, 0.2) is 30.5 Å². The summed E-state index contributed by atoms with van der Waals surface area (Å²) in [5.41, 5.74) is 3.98. The largest absolute Gasteiger partial charge is 0.295 e. The van der Waals surface area contributed by atoms with E-state index in [9.17, 15) is 4.79 Å². The summed E-state index contributed by atoms with van der Waals surface area (Å²) in [5, 5.41) is 4.49. The van der Waals surface area contributed by atoms with Crippen LogP contribution >= 0.6 is 0 Å². The van der Waals surface area contributed by atoms with Crippen LogP contribution in [0.5, 0.6) is 0 Å². The zero-order valence-electron chi connectivity index (χ0n) is 11.3. The molecule has 94 valence electrons. The van der Waals surface area contributed by atoms with Gasteiger partial charge < -0.3 is 0 Å². The second-order valence-corrected chi connectivity index (χ2v) is 4.84. The van der Waals surface area contributed by atoms with Crippen molar-refractivity contribution in [3.63, 3.8) is 0 Å². The van der Waals surface area contributed by atoms with Crippen molar-refractivity contribution < 1.29 is 4.79 Å². The van der Waals surface area contributed by atoms with Crippen LogP contribution in [0.2, 0.25) is 0 Å². The second kappa shape index (κ2) is 4.77. The van der Waals surface area contributed by atoms with Crippen LogP contribution in [-0.4, -0.2) is 15.6 Å². The maximum Gasteiger partial charge on any atom is 0.159 e. The van der Waals surface area contributed by atoms with Crippen molar-refractivity contribution in [3.8, 4) is 11.1 Å². The molecule has 3 nitrogen and oxygen atoms in total. The minimum absolute atomic E-state index is 0.0937. The number of carbonyl (C=O) groups excluding carboxylic acids is 1. The molecule has 0 N–H and O–H groups in total. The molecule has 1 heterocycles. The Morgan fingerprint density at radius 2 is 1.83 bits per heavy atom. The van der Waals surface area contributed by atoms with Gasteiger partial charge in [0.2, 0.25) is 0 Å². The van der Waals surface area contributed by atoms with E-state index in [1.807, 2.05) is 35.9 Å². The van der Waals surface area contributed by atoms with E-state index in [1.165, 1.54) is 0 Å². The molecular formula is C15H18N2O. The molecule has 0 saturated heterocycles. The van der Waals surface area contributed by atoms with E-state index in [2.05, 4.69) is 25.1 Å². The van der Waals surface area contributed by atoms with Gasteiger partial charge in [0.15, 0.2) is 5.78 Å². The molecule has 18 heavy (non-hydrogen) atoms. The number of Topliss-reactive ketones (excluding diaryl/α,β-unsaturated/α-hetero) is 1. The Hall–Kier alpha value is -1.90. The van der Waals surface area contributed by atoms with Crippen molar-refractivity contribution in [2.75, 3.05) is 0 Å². The summed E-state index contributed by atoms with van der Waals surface area (Å²) in [5.74, 6) is 0.0937. The zero-order valence-corrected chi connectivity index (χ0v) is 11.3. The van der Waals surface area contributed by atoms with Gasteiger partial charge in [-0.05, 0) is 33.3 Å². The summed E-state index contributed by atoms with van der Waals surface area (Å²) in [6.45, 7) is 7.80. The molecule has 0 spiro atoms. The predicted molar refractivity (Wildman–Crippen MR) is 72.8 cm³/mol. The zero-order chi connectivity index (χ0) is 13.3. The van der Waals surface area contributed by atoms with Crippen LogP contribution in [0, 0.1) is 6.92 Å². The lowest BCUT2D eigenvalue weighted by Gasteiger charge is -2.03. The summed E-state index contributed by atoms with van der Waals surface area (Å²) < 4.78 is 1.96. The molecule has 0 radical (unpaired) electrons. The number of hydrogen-bond acceptors (Lipinski definition) is 2. The highest BCUT2D eigenvalue weighted by Crippen LogP contribution is 2.24. The third-order valence-electron chi connectivity index (χ3n) is 3.05. The minimum atomic E-state index is 0.0937. The standard InChI is InChI=1S/C15H18N2O/c1-10(2)17-9-15(11(3)16-17)14-7-5-13(6-8-14)12(4)18/h5-10H,1-4H3. The number of ketones is 1. The van der Waals surface area contributed by atoms with Gasteiger partial charge in [-0.2, -0.15) is 5.10 Å². The molecule has 0 aliphatic heterocycles. The number of rotatable bonds is 3. The Morgan fingerprint density at radius 1 is 1.22 bits per heavy atom. The highest BCUT2D eigenvalue weighted by Gasteiger charge is 2.09. The summed E-state index contributed by atoms with van der Waals surface area (Å²) in [6.07, 6.45) is 2.06. The first kappa shape index (κ1) is 12.6. The average Bonchev–Trinajstić information content (AvgIpc) is 2.71. The van der Waals surface area contributed by atoms with Gasteiger partial charge in [-0.3, -0.25) is 9.48 Å². The molecule has 2 rings (SSSR count). The van der Waals surface area contributed by atoms with E-state index in [0.29, 0.717) is 6.04 Å². The fourth-order valence-electron chi connectivity index (χ4n) is 1.91. The van der Waals surface area contributed by atoms with Crippen molar-refractivity contribution in [2.24, 2.45) is 0 Å². The molecule has 0 amide bonds. The first-order chi connectivity index (χ1) is 8.49. The molecule has 0 atom stereocenters. The lowest BCUT2D eigenvalue weighted by molar-refractivity contribution is 0.101. The highest BCUT2D eigenvalue weighted by atomic mass is 16.1. The van der Waals surface area contributed by atoms with E-state index in [-0.39, 0.29) is 5.78 Å². The number of aryl methyl sites for hydroxylation is 1. The van der Waals surface area contributed by atoms with Gasteiger partial charge in [0, 0.05) is 23.4 Å². The monoisotopic (exact) mass is 242 g/mol. The van der Waals surface area contributed by atoms with Crippen LogP contribution in [0.4, 0.5) is 0 Å². The normalized spacial score (nSPS) is 10.9. The lowest BCUT2D eigenvalue weighted by Crippen LogP contribution is -2.00. The Balaban J connectivity index is 2.39. The lowest BCUT2D eigenvalue weighted by atomic mass is 10.0. The van der Waals surface area contributed by atoms with Gasteiger partial charge in [0.25, 0.3) is 0 Å². The van der Waals surface area contributed by atoms with Gasteiger partial charge >= 0.3 is 0 Å². The maximum absolute atomic E-state index is 11.2. The summed E-state index contributed by atoms with van der Waals surface area (Å²) in [6, 6.07) is 8.04. The predicted octanol–water partition coefficient (Wildman–Crippen LogP) is 3.64. The quantitative estimate of drug-likeness (QED) is 0.770. The number of benzene rings is 1. The fraction of sp³-hybridized carbons (Fsp3) is 0.333. The number of carbonyl (C=O) groups is 1. The topological polar surface area (TPSA) is 34.9 Å².